The maximum Gasteiger partial charge on any atom is 0.224 e. The molecule has 0 saturated carbocycles. The fraction of sp³-hybridized carbons (Fsp3) is 0.768. The standard InChI is InChI=1S/C56H95NO18/c1-3-5-7-9-11-13-15-17-19-21-23-25-27-29-31-33-40(61)39(57-44(62)34-32-30-28-26-24-22-20-18-16-14-12-10-8-6-4-2)38-70-54-50(68)47(65)52(42(36-59)72-54)75-56-51(69)48(66)53(43(37-60)73-56)74-55-49(67)46(64)45(63)41(35-58)71-55/h6,8,12,14,18,20,24,26,30-33,39-43,45-56,58-61,63-69H,3-5,7,9-11,13,15-17,19,21-23,25,27-29,34-38H2,1-2H3,(H,57,62)/b8-6-,14-12-,20-18-,26-24-,32-30-,33-31+. The molecule has 12 N–H and O–H groups in total. The first-order valence-corrected chi connectivity index (χ1v) is 27.7. The Morgan fingerprint density at radius 1 is 0.493 bits per heavy atom. The molecule has 0 radical (unpaired) electrons. The molecule has 19 nitrogen and oxygen atoms in total. The summed E-state index contributed by atoms with van der Waals surface area (Å²) in [4.78, 5) is 13.2. The second-order valence-corrected chi connectivity index (χ2v) is 19.7. The molecule has 3 fully saturated rings. The van der Waals surface area contributed by atoms with Crippen LogP contribution in [0.5, 0.6) is 0 Å². The van der Waals surface area contributed by atoms with Gasteiger partial charge in [-0.15, -0.1) is 0 Å². The molecule has 1 amide bonds. The van der Waals surface area contributed by atoms with Gasteiger partial charge in [0.05, 0.1) is 38.6 Å². The van der Waals surface area contributed by atoms with Gasteiger partial charge < -0.3 is 89.9 Å². The summed E-state index contributed by atoms with van der Waals surface area (Å²) < 4.78 is 34.1. The molecule has 75 heavy (non-hydrogen) atoms. The van der Waals surface area contributed by atoms with Crippen molar-refractivity contribution in [2.75, 3.05) is 26.4 Å². The Morgan fingerprint density at radius 3 is 1.39 bits per heavy atom. The third-order valence-electron chi connectivity index (χ3n) is 13.5. The lowest BCUT2D eigenvalue weighted by Gasteiger charge is -2.48. The quantitative estimate of drug-likeness (QED) is 0.0311. The van der Waals surface area contributed by atoms with E-state index in [0.29, 0.717) is 12.8 Å². The maximum atomic E-state index is 13.2. The summed E-state index contributed by atoms with van der Waals surface area (Å²) in [5, 5.41) is 120. The smallest absolute Gasteiger partial charge is 0.224 e. The SMILES string of the molecule is CC/C=C\C/C=C\C/C=C\C/C=C\C/C=C\CC(=O)NC(COC1OC(CO)C(OC2OC(CO)C(OC3OC(CO)C(O)C(O)C3O)C(O)C2O)C(O)C1O)C(O)/C=C/CCCCCCCCCCCCCCC. The summed E-state index contributed by atoms with van der Waals surface area (Å²) >= 11 is 0. The number of amides is 1. The molecule has 3 rings (SSSR count). The number of aliphatic hydroxyl groups is 11. The number of hydrogen-bond acceptors (Lipinski definition) is 18. The summed E-state index contributed by atoms with van der Waals surface area (Å²) in [5.41, 5.74) is 0. The summed E-state index contributed by atoms with van der Waals surface area (Å²) in [5.74, 6) is -0.406. The zero-order valence-corrected chi connectivity index (χ0v) is 44.5. The Morgan fingerprint density at radius 2 is 0.907 bits per heavy atom. The second kappa shape index (κ2) is 39.6. The van der Waals surface area contributed by atoms with Crippen LogP contribution in [0.4, 0.5) is 0 Å². The van der Waals surface area contributed by atoms with Gasteiger partial charge in [-0.05, 0) is 44.9 Å². The third kappa shape index (κ3) is 24.4. The summed E-state index contributed by atoms with van der Waals surface area (Å²) in [6.07, 6.45) is 17.8. The van der Waals surface area contributed by atoms with Crippen molar-refractivity contribution in [3.8, 4) is 0 Å². The van der Waals surface area contributed by atoms with Crippen LogP contribution in [0.3, 0.4) is 0 Å². The lowest BCUT2D eigenvalue weighted by molar-refractivity contribution is -0.379. The van der Waals surface area contributed by atoms with Crippen LogP contribution in [0.25, 0.3) is 0 Å². The van der Waals surface area contributed by atoms with Gasteiger partial charge in [-0.3, -0.25) is 4.79 Å². The van der Waals surface area contributed by atoms with Crippen LogP contribution < -0.4 is 5.32 Å². The van der Waals surface area contributed by atoms with Crippen molar-refractivity contribution in [3.63, 3.8) is 0 Å². The van der Waals surface area contributed by atoms with E-state index in [2.05, 4.69) is 55.6 Å². The Kier molecular flexibility index (Phi) is 35.1. The Hall–Kier alpha value is -2.77. The Labute approximate surface area is 445 Å². The minimum atomic E-state index is -1.99. The molecule has 17 unspecified atom stereocenters. The van der Waals surface area contributed by atoms with E-state index in [4.69, 9.17) is 28.4 Å². The molecule has 3 saturated heterocycles. The van der Waals surface area contributed by atoms with Crippen molar-refractivity contribution in [2.45, 2.75) is 247 Å². The highest BCUT2D eigenvalue weighted by molar-refractivity contribution is 5.77. The van der Waals surface area contributed by atoms with E-state index in [1.165, 1.54) is 64.2 Å². The average Bonchev–Trinajstić information content (AvgIpc) is 3.41. The molecule has 0 aliphatic carbocycles. The highest BCUT2D eigenvalue weighted by atomic mass is 16.8. The molecule has 19 heteroatoms. The summed E-state index contributed by atoms with van der Waals surface area (Å²) in [7, 11) is 0. The number of carbonyl (C=O) groups is 1. The summed E-state index contributed by atoms with van der Waals surface area (Å²) in [6.45, 7) is 1.50. The zero-order chi connectivity index (χ0) is 54.8. The van der Waals surface area contributed by atoms with Crippen molar-refractivity contribution in [2.24, 2.45) is 0 Å². The Bertz CT molecular complexity index is 1660. The first-order valence-electron chi connectivity index (χ1n) is 27.7. The normalized spacial score (nSPS) is 31.8. The molecule has 432 valence electrons. The fourth-order valence-electron chi connectivity index (χ4n) is 8.96. The number of allylic oxidation sites excluding steroid dienone is 10. The van der Waals surface area contributed by atoms with E-state index in [1.807, 2.05) is 24.3 Å². The molecule has 0 aromatic carbocycles. The lowest BCUT2D eigenvalue weighted by atomic mass is 9.96. The first-order chi connectivity index (χ1) is 36.3. The number of nitrogens with one attached hydrogen (secondary N) is 1. The molecule has 0 bridgehead atoms. The minimum absolute atomic E-state index is 0.00777. The van der Waals surface area contributed by atoms with Crippen LogP contribution in [-0.4, -0.2) is 193 Å². The lowest BCUT2D eigenvalue weighted by Crippen LogP contribution is -2.66. The van der Waals surface area contributed by atoms with Crippen LogP contribution in [0.1, 0.15) is 142 Å². The van der Waals surface area contributed by atoms with Gasteiger partial charge in [-0.25, -0.2) is 0 Å². The molecule has 3 aliphatic heterocycles. The average molecular weight is 1070 g/mol. The van der Waals surface area contributed by atoms with Crippen molar-refractivity contribution in [3.05, 3.63) is 72.9 Å². The predicted octanol–water partition coefficient (Wildman–Crippen LogP) is 3.48. The van der Waals surface area contributed by atoms with Crippen molar-refractivity contribution < 1.29 is 89.4 Å². The number of ether oxygens (including phenoxy) is 6. The number of carbonyl (C=O) groups excluding carboxylic acids is 1. The minimum Gasteiger partial charge on any atom is -0.394 e. The largest absolute Gasteiger partial charge is 0.394 e. The predicted molar refractivity (Wildman–Crippen MR) is 281 cm³/mol. The van der Waals surface area contributed by atoms with Gasteiger partial charge in [0.25, 0.3) is 0 Å². The van der Waals surface area contributed by atoms with Gasteiger partial charge in [0.1, 0.15) is 73.2 Å². The van der Waals surface area contributed by atoms with Crippen LogP contribution in [0, 0.1) is 0 Å². The zero-order valence-electron chi connectivity index (χ0n) is 44.5. The number of hydrogen-bond donors (Lipinski definition) is 12. The molecule has 0 spiro atoms. The molecular weight excluding hydrogens is 975 g/mol. The third-order valence-corrected chi connectivity index (χ3v) is 13.5. The molecule has 3 heterocycles. The fourth-order valence-corrected chi connectivity index (χ4v) is 8.96. The topological polar surface area (TPSA) is 307 Å². The van der Waals surface area contributed by atoms with Gasteiger partial charge >= 0.3 is 0 Å². The molecule has 0 aromatic heterocycles. The van der Waals surface area contributed by atoms with E-state index in [9.17, 15) is 61.0 Å². The van der Waals surface area contributed by atoms with Gasteiger partial charge in [-0.1, -0.05) is 164 Å². The number of rotatable bonds is 38. The van der Waals surface area contributed by atoms with Gasteiger partial charge in [-0.2, -0.15) is 0 Å². The molecule has 17 atom stereocenters. The van der Waals surface area contributed by atoms with Crippen LogP contribution in [0.2, 0.25) is 0 Å². The van der Waals surface area contributed by atoms with Crippen molar-refractivity contribution in [1.29, 1.82) is 0 Å². The van der Waals surface area contributed by atoms with Gasteiger partial charge in [0, 0.05) is 6.42 Å². The second-order valence-electron chi connectivity index (χ2n) is 19.7. The highest BCUT2D eigenvalue weighted by Crippen LogP contribution is 2.33. The van der Waals surface area contributed by atoms with E-state index in [-0.39, 0.29) is 6.42 Å². The van der Waals surface area contributed by atoms with E-state index < -0.39 is 137 Å². The van der Waals surface area contributed by atoms with Gasteiger partial charge in [0.15, 0.2) is 18.9 Å². The van der Waals surface area contributed by atoms with Crippen LogP contribution in [0.15, 0.2) is 72.9 Å². The first kappa shape index (κ1) is 66.5. The van der Waals surface area contributed by atoms with E-state index in [1.54, 1.807) is 12.2 Å². The van der Waals surface area contributed by atoms with Crippen LogP contribution in [-0.2, 0) is 33.2 Å². The molecule has 0 aromatic rings. The van der Waals surface area contributed by atoms with E-state index >= 15 is 0 Å². The molecular formula is C56H95NO18. The monoisotopic (exact) mass is 1070 g/mol. The Balaban J connectivity index is 1.57. The van der Waals surface area contributed by atoms with E-state index in [0.717, 1.165) is 44.9 Å². The maximum absolute atomic E-state index is 13.2. The van der Waals surface area contributed by atoms with Crippen molar-refractivity contribution >= 4 is 5.91 Å². The van der Waals surface area contributed by atoms with Crippen LogP contribution >= 0.6 is 0 Å². The number of unbranched alkanes of at least 4 members (excludes halogenated alkanes) is 13. The highest BCUT2D eigenvalue weighted by Gasteiger charge is 2.53. The summed E-state index contributed by atoms with van der Waals surface area (Å²) in [6, 6.07) is -1.03. The molecule has 3 aliphatic rings. The van der Waals surface area contributed by atoms with Gasteiger partial charge in [0.2, 0.25) is 5.91 Å². The number of aliphatic hydroxyl groups excluding tert-OH is 11. The van der Waals surface area contributed by atoms with Crippen molar-refractivity contribution in [1.82, 2.24) is 5.32 Å².